The fourth-order valence-electron chi connectivity index (χ4n) is 0.928. The van der Waals surface area contributed by atoms with E-state index in [1.54, 1.807) is 0 Å². The van der Waals surface area contributed by atoms with Gasteiger partial charge in [-0.25, -0.2) is 0 Å². The molecule has 0 aliphatic carbocycles. The summed E-state index contributed by atoms with van der Waals surface area (Å²) in [5.74, 6) is 0.175. The van der Waals surface area contributed by atoms with E-state index in [1.165, 1.54) is 0 Å². The minimum atomic E-state index is 0. The van der Waals surface area contributed by atoms with Gasteiger partial charge in [-0.3, -0.25) is 4.79 Å². The number of rotatable bonds is 0. The molecule has 0 aromatic carbocycles. The van der Waals surface area contributed by atoms with Gasteiger partial charge in [0.15, 0.2) is 0 Å². The minimum Gasteiger partial charge on any atom is -0.344 e. The Bertz CT molecular complexity index is 120. The number of halogens is 1. The number of alkyl halides is 1. The predicted octanol–water partition coefficient (Wildman–Crippen LogP) is 0.481. The highest BCUT2D eigenvalue weighted by atomic mass is 79.9. The van der Waals surface area contributed by atoms with Gasteiger partial charge in [0.2, 0.25) is 5.91 Å². The third kappa shape index (κ3) is 3.78. The fraction of sp³-hybridized carbons (Fsp3) is 0.833. The van der Waals surface area contributed by atoms with Crippen molar-refractivity contribution in [3.63, 3.8) is 0 Å². The molecule has 1 amide bonds. The van der Waals surface area contributed by atoms with E-state index in [-0.39, 0.29) is 33.9 Å². The molecule has 56 valence electrons. The molecule has 1 saturated heterocycles. The Labute approximate surface area is 85.4 Å². The lowest BCUT2D eigenvalue weighted by Gasteiger charge is -2.04. The zero-order chi connectivity index (χ0) is 6.69. The number of amides is 1. The third-order valence-electron chi connectivity index (χ3n) is 1.43. The first-order valence-corrected chi connectivity index (χ1v) is 4.14. The van der Waals surface area contributed by atoms with Crippen LogP contribution >= 0.6 is 15.9 Å². The van der Waals surface area contributed by atoms with Crippen molar-refractivity contribution < 1.29 is 4.79 Å². The van der Waals surface area contributed by atoms with E-state index in [9.17, 15) is 4.79 Å². The largest absolute Gasteiger partial charge is 0.344 e. The van der Waals surface area contributed by atoms with E-state index in [0.29, 0.717) is 6.42 Å². The van der Waals surface area contributed by atoms with Crippen LogP contribution in [0.3, 0.4) is 0 Å². The van der Waals surface area contributed by atoms with Crippen LogP contribution in [0.1, 0.15) is 25.7 Å². The molecule has 1 fully saturated rings. The van der Waals surface area contributed by atoms with Gasteiger partial charge in [-0.05, 0) is 12.8 Å². The normalized spacial score (nSPS) is 26.1. The molecule has 1 unspecified atom stereocenters. The summed E-state index contributed by atoms with van der Waals surface area (Å²) in [6, 6.07) is 0. The van der Waals surface area contributed by atoms with Crippen molar-refractivity contribution >= 4 is 44.9 Å². The molecule has 2 nitrogen and oxygen atoms in total. The van der Waals surface area contributed by atoms with Crippen LogP contribution in [0.4, 0.5) is 0 Å². The van der Waals surface area contributed by atoms with Crippen LogP contribution in [0.2, 0.25) is 0 Å². The van der Waals surface area contributed by atoms with E-state index in [1.807, 2.05) is 0 Å². The second-order valence-electron chi connectivity index (χ2n) is 2.28. The second kappa shape index (κ2) is 5.38. The van der Waals surface area contributed by atoms with E-state index in [2.05, 4.69) is 21.2 Å². The molecule has 1 rings (SSSR count). The first-order valence-electron chi connectivity index (χ1n) is 3.22. The lowest BCUT2D eigenvalue weighted by atomic mass is 10.2. The Morgan fingerprint density at radius 3 is 2.90 bits per heavy atom. The smallest absolute Gasteiger partial charge is 0.316 e. The average molecular weight is 218 g/mol. The molecule has 4 heteroatoms. The van der Waals surface area contributed by atoms with Crippen molar-refractivity contribution in [2.24, 2.45) is 0 Å². The van der Waals surface area contributed by atoms with Crippen LogP contribution in [-0.4, -0.2) is 33.9 Å². The van der Waals surface area contributed by atoms with Crippen molar-refractivity contribution in [2.45, 2.75) is 30.6 Å². The lowest BCUT2D eigenvalue weighted by molar-refractivity contribution is -0.120. The van der Waals surface area contributed by atoms with Crippen LogP contribution in [0, 0.1) is 0 Å². The second-order valence-corrected chi connectivity index (χ2v) is 3.39. The minimum absolute atomic E-state index is 0. The quantitative estimate of drug-likeness (QED) is 0.358. The van der Waals surface area contributed by atoms with Crippen molar-refractivity contribution in [1.29, 1.82) is 0 Å². The molecular weight excluding hydrogens is 206 g/mol. The van der Waals surface area contributed by atoms with E-state index in [0.717, 1.165) is 19.3 Å². The number of nitrogens with one attached hydrogen (secondary N) is 1. The lowest BCUT2D eigenvalue weighted by Crippen LogP contribution is -2.27. The Kier molecular flexibility index (Phi) is 5.76. The zero-order valence-electron chi connectivity index (χ0n) is 5.19. The van der Waals surface area contributed by atoms with Gasteiger partial charge in [-0.1, -0.05) is 22.4 Å². The Hall–Kier alpha value is 0.716. The molecule has 0 radical (unpaired) electrons. The molecule has 10 heavy (non-hydrogen) atoms. The standard InChI is InChI=1S/C6H10BrNO.Mg.2H/c7-5-3-1-2-4-6(9)8-5;;;/h5H,1-4H2,(H,8,9);;;. The van der Waals surface area contributed by atoms with Gasteiger partial charge in [0, 0.05) is 6.42 Å². The summed E-state index contributed by atoms with van der Waals surface area (Å²) in [6.45, 7) is 0. The maximum absolute atomic E-state index is 10.8. The molecule has 1 heterocycles. The van der Waals surface area contributed by atoms with Gasteiger partial charge in [-0.2, -0.15) is 0 Å². The highest BCUT2D eigenvalue weighted by Gasteiger charge is 2.11. The van der Waals surface area contributed by atoms with E-state index < -0.39 is 0 Å². The number of hydrogen-bond donors (Lipinski definition) is 1. The summed E-state index contributed by atoms with van der Waals surface area (Å²) in [5.41, 5.74) is 0. The molecule has 1 atom stereocenters. The summed E-state index contributed by atoms with van der Waals surface area (Å²) in [4.78, 5) is 11.0. The molecule has 0 aromatic rings. The summed E-state index contributed by atoms with van der Waals surface area (Å²) < 4.78 is 0. The van der Waals surface area contributed by atoms with E-state index >= 15 is 0 Å². The van der Waals surface area contributed by atoms with Gasteiger partial charge in [-0.15, -0.1) is 0 Å². The first-order chi connectivity index (χ1) is 4.29. The molecule has 0 aromatic heterocycles. The Balaban J connectivity index is 0.000000810. The van der Waals surface area contributed by atoms with E-state index in [4.69, 9.17) is 0 Å². The summed E-state index contributed by atoms with van der Waals surface area (Å²) in [6.07, 6.45) is 3.94. The van der Waals surface area contributed by atoms with Crippen molar-refractivity contribution in [3.05, 3.63) is 0 Å². The topological polar surface area (TPSA) is 29.1 Å². The number of carbonyl (C=O) groups is 1. The van der Waals surface area contributed by atoms with Crippen molar-refractivity contribution in [2.75, 3.05) is 0 Å². The van der Waals surface area contributed by atoms with Gasteiger partial charge >= 0.3 is 23.1 Å². The van der Waals surface area contributed by atoms with Crippen LogP contribution in [0.5, 0.6) is 0 Å². The number of carbonyl (C=O) groups excluding carboxylic acids is 1. The highest BCUT2D eigenvalue weighted by Crippen LogP contribution is 2.12. The Morgan fingerprint density at radius 1 is 1.50 bits per heavy atom. The molecule has 1 N–H and O–H groups in total. The number of hydrogen-bond acceptors (Lipinski definition) is 1. The van der Waals surface area contributed by atoms with Crippen LogP contribution in [-0.2, 0) is 4.79 Å². The Morgan fingerprint density at radius 2 is 2.20 bits per heavy atom. The predicted molar refractivity (Wildman–Crippen MR) is 47.9 cm³/mol. The van der Waals surface area contributed by atoms with Crippen LogP contribution < -0.4 is 5.32 Å². The average Bonchev–Trinajstić information content (AvgIpc) is 1.93. The maximum atomic E-state index is 10.8. The van der Waals surface area contributed by atoms with Gasteiger partial charge in [0.05, 0.1) is 4.95 Å². The zero-order valence-corrected chi connectivity index (χ0v) is 6.78. The highest BCUT2D eigenvalue weighted by molar-refractivity contribution is 9.09. The maximum Gasteiger partial charge on any atom is 0.316 e. The van der Waals surface area contributed by atoms with Crippen molar-refractivity contribution in [3.8, 4) is 0 Å². The molecule has 0 saturated carbocycles. The first kappa shape index (κ1) is 10.7. The fourth-order valence-corrected chi connectivity index (χ4v) is 1.51. The summed E-state index contributed by atoms with van der Waals surface area (Å²) in [5, 5.41) is 2.82. The van der Waals surface area contributed by atoms with Gasteiger partial charge in [0.1, 0.15) is 0 Å². The molecule has 1 aliphatic heterocycles. The monoisotopic (exact) mass is 217 g/mol. The van der Waals surface area contributed by atoms with Crippen LogP contribution in [0.25, 0.3) is 0 Å². The molecule has 1 aliphatic rings. The van der Waals surface area contributed by atoms with Gasteiger partial charge in [0.25, 0.3) is 0 Å². The molecular formula is C6H12BrMgNO. The van der Waals surface area contributed by atoms with Gasteiger partial charge < -0.3 is 5.32 Å². The molecule has 0 spiro atoms. The van der Waals surface area contributed by atoms with Crippen LogP contribution in [0.15, 0.2) is 0 Å². The summed E-state index contributed by atoms with van der Waals surface area (Å²) in [7, 11) is 0. The van der Waals surface area contributed by atoms with Crippen molar-refractivity contribution in [1.82, 2.24) is 5.32 Å². The third-order valence-corrected chi connectivity index (χ3v) is 2.12. The SMILES string of the molecule is O=C1CCCCC(Br)N1.[MgH2]. The summed E-state index contributed by atoms with van der Waals surface area (Å²) >= 11 is 3.35. The molecule has 0 bridgehead atoms.